The molecule has 1 amide bonds. The highest BCUT2D eigenvalue weighted by molar-refractivity contribution is 5.76. The van der Waals surface area contributed by atoms with E-state index in [0.717, 1.165) is 51.4 Å². The van der Waals surface area contributed by atoms with Crippen LogP contribution in [0.3, 0.4) is 0 Å². The zero-order valence-corrected chi connectivity index (χ0v) is 52.9. The minimum absolute atomic E-state index is 0.134. The molecule has 1 aliphatic rings. The van der Waals surface area contributed by atoms with Gasteiger partial charge in [-0.05, 0) is 51.4 Å². The number of allylic oxidation sites excluding steroid dienone is 6. The molecule has 0 radical (unpaired) electrons. The second-order valence-corrected chi connectivity index (χ2v) is 24.7. The van der Waals surface area contributed by atoms with E-state index in [-0.39, 0.29) is 12.5 Å². The van der Waals surface area contributed by atoms with Crippen LogP contribution in [0.15, 0.2) is 36.5 Å². The Bertz CT molecular complexity index is 1360. The molecule has 0 spiro atoms. The molecule has 0 aromatic heterocycles. The molecule has 7 unspecified atom stereocenters. The SMILES string of the molecule is CCCCCCC/C=C\C/C=C\C/C=C\CCCCCCCCCCCCCCCCCCCCCCC(=O)NC(COC1OC(CO)C(O)C(O)C1O)C(O)CCCCCCCCCCCCCCCCCCCCCCCC. The fourth-order valence-electron chi connectivity index (χ4n) is 11.5. The number of nitrogens with one attached hydrogen (secondary N) is 1. The summed E-state index contributed by atoms with van der Waals surface area (Å²) in [6.45, 7) is 3.88. The number of carbonyl (C=O) groups excluding carboxylic acids is 1. The van der Waals surface area contributed by atoms with Gasteiger partial charge < -0.3 is 40.3 Å². The van der Waals surface area contributed by atoms with Crippen molar-refractivity contribution in [2.24, 2.45) is 0 Å². The number of carbonyl (C=O) groups is 1. The maximum absolute atomic E-state index is 13.1. The highest BCUT2D eigenvalue weighted by Crippen LogP contribution is 2.24. The molecule has 7 atom stereocenters. The summed E-state index contributed by atoms with van der Waals surface area (Å²) in [4.78, 5) is 13.1. The molecule has 472 valence electrons. The highest BCUT2D eigenvalue weighted by atomic mass is 16.7. The molecule has 6 N–H and O–H groups in total. The number of aliphatic hydroxyl groups is 5. The molecule has 9 heteroatoms. The van der Waals surface area contributed by atoms with E-state index in [0.29, 0.717) is 12.8 Å². The van der Waals surface area contributed by atoms with E-state index in [9.17, 15) is 30.3 Å². The van der Waals surface area contributed by atoms with Crippen molar-refractivity contribution >= 4 is 5.91 Å². The monoisotopic (exact) mass is 1130 g/mol. The third kappa shape index (κ3) is 48.7. The predicted molar refractivity (Wildman–Crippen MR) is 341 cm³/mol. The average Bonchev–Trinajstić information content (AvgIpc) is 3.46. The number of amides is 1. The molecule has 1 saturated heterocycles. The molecule has 0 saturated carbocycles. The molecule has 9 nitrogen and oxygen atoms in total. The van der Waals surface area contributed by atoms with Gasteiger partial charge in [0.25, 0.3) is 0 Å². The van der Waals surface area contributed by atoms with Gasteiger partial charge >= 0.3 is 0 Å². The summed E-state index contributed by atoms with van der Waals surface area (Å²) in [6, 6.07) is -0.719. The van der Waals surface area contributed by atoms with Gasteiger partial charge in [-0.1, -0.05) is 333 Å². The summed E-state index contributed by atoms with van der Waals surface area (Å²) in [5.41, 5.74) is 0. The first-order valence-corrected chi connectivity index (χ1v) is 35.2. The van der Waals surface area contributed by atoms with Gasteiger partial charge in [0.15, 0.2) is 6.29 Å². The Kier molecular flexibility index (Phi) is 57.8. The second-order valence-electron chi connectivity index (χ2n) is 24.7. The number of rotatable bonds is 62. The normalized spacial score (nSPS) is 18.6. The lowest BCUT2D eigenvalue weighted by Crippen LogP contribution is -2.60. The summed E-state index contributed by atoms with van der Waals surface area (Å²) < 4.78 is 11.4. The third-order valence-corrected chi connectivity index (χ3v) is 17.0. The van der Waals surface area contributed by atoms with Gasteiger partial charge in [-0.2, -0.15) is 0 Å². The molecule has 1 fully saturated rings. The summed E-state index contributed by atoms with van der Waals surface area (Å²) in [7, 11) is 0. The number of ether oxygens (including phenoxy) is 2. The fourth-order valence-corrected chi connectivity index (χ4v) is 11.5. The van der Waals surface area contributed by atoms with E-state index in [2.05, 4.69) is 55.6 Å². The quantitative estimate of drug-likeness (QED) is 0.0261. The zero-order valence-electron chi connectivity index (χ0n) is 52.9. The van der Waals surface area contributed by atoms with Crippen LogP contribution in [0, 0.1) is 0 Å². The van der Waals surface area contributed by atoms with Crippen LogP contribution in [-0.4, -0.2) is 87.5 Å². The number of hydrogen-bond acceptors (Lipinski definition) is 8. The Morgan fingerprint density at radius 1 is 0.425 bits per heavy atom. The van der Waals surface area contributed by atoms with Gasteiger partial charge in [-0.3, -0.25) is 4.79 Å². The molecular weight excluding hydrogens is 995 g/mol. The summed E-state index contributed by atoms with van der Waals surface area (Å²) in [5, 5.41) is 54.9. The van der Waals surface area contributed by atoms with Crippen LogP contribution in [0.2, 0.25) is 0 Å². The minimum Gasteiger partial charge on any atom is -0.394 e. The predicted octanol–water partition coefficient (Wildman–Crippen LogP) is 19.0. The van der Waals surface area contributed by atoms with Gasteiger partial charge in [-0.15, -0.1) is 0 Å². The minimum atomic E-state index is -1.55. The molecule has 1 aliphatic heterocycles. The van der Waals surface area contributed by atoms with Crippen LogP contribution in [0.5, 0.6) is 0 Å². The maximum Gasteiger partial charge on any atom is 0.220 e. The van der Waals surface area contributed by atoms with Gasteiger partial charge in [0.2, 0.25) is 5.91 Å². The zero-order chi connectivity index (χ0) is 57.9. The van der Waals surface area contributed by atoms with Crippen LogP contribution >= 0.6 is 0 Å². The highest BCUT2D eigenvalue weighted by Gasteiger charge is 2.44. The van der Waals surface area contributed by atoms with E-state index in [4.69, 9.17) is 9.47 Å². The lowest BCUT2D eigenvalue weighted by molar-refractivity contribution is -0.302. The molecule has 0 aliphatic carbocycles. The first kappa shape index (κ1) is 76.4. The van der Waals surface area contributed by atoms with E-state index >= 15 is 0 Å². The third-order valence-electron chi connectivity index (χ3n) is 17.0. The van der Waals surface area contributed by atoms with E-state index in [1.807, 2.05) is 0 Å². The second kappa shape index (κ2) is 60.5. The topological polar surface area (TPSA) is 149 Å². The molecule has 0 bridgehead atoms. The average molecular weight is 1130 g/mol. The molecule has 1 rings (SSSR count). The molecule has 80 heavy (non-hydrogen) atoms. The maximum atomic E-state index is 13.1. The summed E-state index contributed by atoms with van der Waals surface area (Å²) in [6.07, 6.45) is 73.5. The van der Waals surface area contributed by atoms with Gasteiger partial charge in [0, 0.05) is 6.42 Å². The van der Waals surface area contributed by atoms with Crippen LogP contribution in [-0.2, 0) is 14.3 Å². The molecule has 0 aromatic rings. The summed E-state index contributed by atoms with van der Waals surface area (Å²) >= 11 is 0. The smallest absolute Gasteiger partial charge is 0.220 e. The molecule has 1 heterocycles. The molecular formula is C71H135NO8. The van der Waals surface area contributed by atoms with Crippen molar-refractivity contribution in [1.29, 1.82) is 0 Å². The first-order valence-electron chi connectivity index (χ1n) is 35.2. The van der Waals surface area contributed by atoms with E-state index in [1.54, 1.807) is 0 Å². The Balaban J connectivity index is 2.08. The van der Waals surface area contributed by atoms with E-state index < -0.39 is 49.5 Å². The Morgan fingerprint density at radius 3 is 1.09 bits per heavy atom. The number of aliphatic hydroxyl groups excluding tert-OH is 5. The van der Waals surface area contributed by atoms with Gasteiger partial charge in [0.05, 0.1) is 25.4 Å². The summed E-state index contributed by atoms with van der Waals surface area (Å²) in [5.74, 6) is -0.137. The largest absolute Gasteiger partial charge is 0.394 e. The van der Waals surface area contributed by atoms with Crippen molar-refractivity contribution < 1.29 is 39.8 Å². The lowest BCUT2D eigenvalue weighted by Gasteiger charge is -2.40. The van der Waals surface area contributed by atoms with E-state index in [1.165, 1.54) is 276 Å². The number of hydrogen-bond donors (Lipinski definition) is 6. The van der Waals surface area contributed by atoms with Crippen molar-refractivity contribution in [1.82, 2.24) is 5.32 Å². The van der Waals surface area contributed by atoms with Crippen molar-refractivity contribution in [3.05, 3.63) is 36.5 Å². The fraction of sp³-hybridized carbons (Fsp3) is 0.901. The molecule has 0 aromatic carbocycles. The van der Waals surface area contributed by atoms with Crippen LogP contribution in [0.1, 0.15) is 354 Å². The Morgan fingerprint density at radius 2 is 0.738 bits per heavy atom. The Hall–Kier alpha value is -1.59. The lowest BCUT2D eigenvalue weighted by atomic mass is 9.99. The van der Waals surface area contributed by atoms with Crippen molar-refractivity contribution in [3.8, 4) is 0 Å². The first-order chi connectivity index (χ1) is 39.3. The van der Waals surface area contributed by atoms with Crippen LogP contribution in [0.4, 0.5) is 0 Å². The van der Waals surface area contributed by atoms with Crippen molar-refractivity contribution in [2.75, 3.05) is 13.2 Å². The number of unbranched alkanes of at least 4 members (excludes halogenated alkanes) is 46. The van der Waals surface area contributed by atoms with Gasteiger partial charge in [0.1, 0.15) is 24.4 Å². The van der Waals surface area contributed by atoms with Crippen molar-refractivity contribution in [3.63, 3.8) is 0 Å². The van der Waals surface area contributed by atoms with Gasteiger partial charge in [-0.25, -0.2) is 0 Å². The van der Waals surface area contributed by atoms with Crippen LogP contribution in [0.25, 0.3) is 0 Å². The van der Waals surface area contributed by atoms with Crippen LogP contribution < -0.4 is 5.32 Å². The van der Waals surface area contributed by atoms with Crippen molar-refractivity contribution in [2.45, 2.75) is 397 Å². The standard InChI is InChI=1S/C71H135NO8/c1-3-5-7-9-11-13-15-17-19-21-23-25-27-28-29-30-31-32-33-34-35-36-37-38-39-41-43-45-47-49-51-53-55-57-59-61-67(75)72-64(63-79-71-70(78)69(77)68(76)66(62-73)80-71)65(74)60-58-56-54-52-50-48-46-44-42-40-26-24-22-20-18-16-14-12-10-8-6-4-2/h15,17,21,23,27-28,64-66,68-71,73-74,76-78H,3-14,16,18-20,22,24-26,29-63H2,1-2H3,(H,72,75)/b17-15-,23-21-,28-27-. The Labute approximate surface area is 495 Å².